The van der Waals surface area contributed by atoms with Gasteiger partial charge in [-0.2, -0.15) is 0 Å². The number of esters is 4. The van der Waals surface area contributed by atoms with E-state index < -0.39 is 56.7 Å². The molecule has 0 N–H and O–H groups in total. The molecule has 10 nitrogen and oxygen atoms in total. The first-order chi connectivity index (χ1) is 13.3. The summed E-state index contributed by atoms with van der Waals surface area (Å²) in [6.07, 6.45) is -4.56. The highest BCUT2D eigenvalue weighted by Crippen LogP contribution is 2.33. The van der Waals surface area contributed by atoms with Crippen molar-refractivity contribution in [3.63, 3.8) is 0 Å². The van der Waals surface area contributed by atoms with E-state index in [0.29, 0.717) is 0 Å². The molecule has 0 aliphatic carbocycles. The van der Waals surface area contributed by atoms with E-state index in [1.807, 2.05) is 0 Å². The van der Waals surface area contributed by atoms with Crippen molar-refractivity contribution in [3.05, 3.63) is 0 Å². The minimum Gasteiger partial charge on any atom is -0.463 e. The molecule has 164 valence electrons. The minimum atomic E-state index is -1.26. The summed E-state index contributed by atoms with van der Waals surface area (Å²) < 4.78 is 25.7. The Morgan fingerprint density at radius 1 is 0.862 bits per heavy atom. The van der Waals surface area contributed by atoms with Gasteiger partial charge in [-0.15, -0.1) is 0 Å². The van der Waals surface area contributed by atoms with Gasteiger partial charge in [-0.25, -0.2) is 0 Å². The quantitative estimate of drug-likeness (QED) is 0.192. The lowest BCUT2D eigenvalue weighted by Gasteiger charge is -2.43. The van der Waals surface area contributed by atoms with Gasteiger partial charge in [0.25, 0.3) is 0 Å². The zero-order valence-corrected chi connectivity index (χ0v) is 20.7. The van der Waals surface area contributed by atoms with Gasteiger partial charge in [0.2, 0.25) is 0 Å². The summed E-state index contributed by atoms with van der Waals surface area (Å²) in [5, 5.41) is 0. The number of hydrogen-bond acceptors (Lipinski definition) is 10. The first-order valence-electron chi connectivity index (χ1n) is 8.21. The molecule has 0 bridgehead atoms. The molecular weight excluding hydrogens is 590 g/mol. The van der Waals surface area contributed by atoms with Crippen LogP contribution in [0.1, 0.15) is 27.7 Å². The number of carbonyl (C=O) groups is 4. The molecule has 1 heterocycles. The van der Waals surface area contributed by atoms with E-state index in [9.17, 15) is 19.2 Å². The number of alkyl halides is 3. The zero-order chi connectivity index (χ0) is 22.4. The average Bonchev–Trinajstić information content (AvgIpc) is 2.53. The summed E-state index contributed by atoms with van der Waals surface area (Å²) in [4.78, 5) is 50.4. The van der Waals surface area contributed by atoms with Crippen molar-refractivity contribution in [2.24, 2.45) is 4.99 Å². The first kappa shape index (κ1) is 26.0. The van der Waals surface area contributed by atoms with Crippen molar-refractivity contribution >= 4 is 77.9 Å². The normalized spacial score (nSPS) is 27.2. The molecule has 0 unspecified atom stereocenters. The molecule has 5 atom stereocenters. The number of aliphatic imine (C=N–C) groups is 1. The fourth-order valence-corrected chi connectivity index (χ4v) is 2.84. The van der Waals surface area contributed by atoms with E-state index >= 15 is 0 Å². The highest BCUT2D eigenvalue weighted by atomic mass is 80.0. The number of carbonyl (C=O) groups excluding carboxylic acids is 4. The molecule has 0 saturated carbocycles. The van der Waals surface area contributed by atoms with Crippen LogP contribution in [0.25, 0.3) is 0 Å². The summed E-state index contributed by atoms with van der Waals surface area (Å²) in [5.74, 6) is -2.70. The predicted molar refractivity (Wildman–Crippen MR) is 110 cm³/mol. The van der Waals surface area contributed by atoms with Crippen LogP contribution in [0.3, 0.4) is 0 Å². The van der Waals surface area contributed by atoms with Gasteiger partial charge in [-0.1, -0.05) is 47.8 Å². The summed E-state index contributed by atoms with van der Waals surface area (Å²) in [5.41, 5.74) is 0. The van der Waals surface area contributed by atoms with Gasteiger partial charge in [0.1, 0.15) is 12.7 Å². The standard InChI is InChI=1S/C16H20Br3NO9/c1-7(21)25-5-11-12(26-8(2)22)13(27-9(3)23)14(28-10(4)24)15(29-11)20-6-16(17,18)19/h6,11-15H,5H2,1-4H3/b20-6+/t11-,12-,13+,14-,15-/m1/s1. The molecule has 1 rings (SSSR count). The number of hydrogen-bond donors (Lipinski definition) is 0. The van der Waals surface area contributed by atoms with Crippen LogP contribution in [0.5, 0.6) is 0 Å². The molecule has 1 aliphatic rings. The van der Waals surface area contributed by atoms with Gasteiger partial charge in [-0.3, -0.25) is 24.2 Å². The third kappa shape index (κ3) is 9.53. The maximum Gasteiger partial charge on any atom is 0.303 e. The smallest absolute Gasteiger partial charge is 0.303 e. The van der Waals surface area contributed by atoms with Crippen LogP contribution in [-0.4, -0.2) is 69.5 Å². The molecule has 1 fully saturated rings. The Bertz CT molecular complexity index is 665. The van der Waals surface area contributed by atoms with Crippen LogP contribution < -0.4 is 0 Å². The van der Waals surface area contributed by atoms with Gasteiger partial charge in [0, 0.05) is 33.9 Å². The van der Waals surface area contributed by atoms with Crippen molar-refractivity contribution in [1.29, 1.82) is 0 Å². The zero-order valence-electron chi connectivity index (χ0n) is 15.9. The van der Waals surface area contributed by atoms with E-state index in [-0.39, 0.29) is 6.61 Å². The van der Waals surface area contributed by atoms with Crippen molar-refractivity contribution in [2.75, 3.05) is 6.61 Å². The van der Waals surface area contributed by atoms with Crippen LogP contribution in [0.4, 0.5) is 0 Å². The van der Waals surface area contributed by atoms with Crippen LogP contribution in [0.15, 0.2) is 4.99 Å². The molecule has 29 heavy (non-hydrogen) atoms. The summed E-state index contributed by atoms with van der Waals surface area (Å²) in [7, 11) is 0. The Morgan fingerprint density at radius 3 is 1.79 bits per heavy atom. The SMILES string of the molecule is CC(=O)OC[C@H]1O[C@@H](/N=C/C(Br)(Br)Br)[C@H](OC(C)=O)[C@@H](OC(C)=O)[C@@H]1OC(C)=O. The third-order valence-electron chi connectivity index (χ3n) is 3.33. The number of halogens is 3. The minimum absolute atomic E-state index is 0.314. The Hall–Kier alpha value is -1.05. The number of nitrogens with zero attached hydrogens (tertiary/aromatic N) is 1. The molecule has 0 spiro atoms. The molecular formula is C16H20Br3NO9. The predicted octanol–water partition coefficient (Wildman–Crippen LogP) is 1.98. The lowest BCUT2D eigenvalue weighted by molar-refractivity contribution is -0.250. The second-order valence-electron chi connectivity index (χ2n) is 5.91. The molecule has 0 radical (unpaired) electrons. The van der Waals surface area contributed by atoms with Crippen molar-refractivity contribution in [3.8, 4) is 0 Å². The third-order valence-corrected chi connectivity index (χ3v) is 3.95. The Kier molecular flexibility index (Phi) is 10.2. The van der Waals surface area contributed by atoms with E-state index in [1.54, 1.807) is 0 Å². The van der Waals surface area contributed by atoms with Crippen molar-refractivity contribution < 1.29 is 42.9 Å². The number of ether oxygens (including phenoxy) is 5. The van der Waals surface area contributed by atoms with Crippen molar-refractivity contribution in [2.45, 2.75) is 60.5 Å². The van der Waals surface area contributed by atoms with Gasteiger partial charge in [0.05, 0.1) is 0 Å². The molecule has 0 aromatic heterocycles. The van der Waals surface area contributed by atoms with E-state index in [4.69, 9.17) is 23.7 Å². The van der Waals surface area contributed by atoms with Crippen LogP contribution >= 0.6 is 47.8 Å². The molecule has 0 aromatic rings. The second-order valence-corrected chi connectivity index (χ2v) is 12.9. The molecule has 13 heteroatoms. The first-order valence-corrected chi connectivity index (χ1v) is 10.6. The average molecular weight is 610 g/mol. The van der Waals surface area contributed by atoms with Crippen LogP contribution in [0.2, 0.25) is 0 Å². The van der Waals surface area contributed by atoms with Gasteiger partial charge in [0.15, 0.2) is 26.7 Å². The maximum absolute atomic E-state index is 11.7. The van der Waals surface area contributed by atoms with Gasteiger partial charge >= 0.3 is 23.9 Å². The van der Waals surface area contributed by atoms with Crippen LogP contribution in [-0.2, 0) is 42.9 Å². The highest BCUT2D eigenvalue weighted by Gasteiger charge is 2.52. The fourth-order valence-electron chi connectivity index (χ4n) is 2.48. The van der Waals surface area contributed by atoms with Gasteiger partial charge in [-0.05, 0) is 0 Å². The number of rotatable bonds is 6. The Labute approximate surface area is 192 Å². The summed E-state index contributed by atoms with van der Waals surface area (Å²) in [6, 6.07) is 0. The fraction of sp³-hybridized carbons (Fsp3) is 0.688. The molecule has 1 saturated heterocycles. The monoisotopic (exact) mass is 607 g/mol. The molecule has 0 aromatic carbocycles. The van der Waals surface area contributed by atoms with E-state index in [2.05, 4.69) is 52.8 Å². The highest BCUT2D eigenvalue weighted by molar-refractivity contribution is 9.40. The van der Waals surface area contributed by atoms with Crippen LogP contribution in [0, 0.1) is 0 Å². The van der Waals surface area contributed by atoms with Gasteiger partial charge < -0.3 is 23.7 Å². The Morgan fingerprint density at radius 2 is 1.34 bits per heavy atom. The van der Waals surface area contributed by atoms with E-state index in [1.165, 1.54) is 13.1 Å². The lowest BCUT2D eigenvalue weighted by atomic mass is 9.97. The summed E-state index contributed by atoms with van der Waals surface area (Å²) >= 11 is 9.71. The second kappa shape index (κ2) is 11.4. The largest absolute Gasteiger partial charge is 0.463 e. The molecule has 0 amide bonds. The lowest BCUT2D eigenvalue weighted by Crippen LogP contribution is -2.62. The van der Waals surface area contributed by atoms with E-state index in [0.717, 1.165) is 20.8 Å². The Balaban J connectivity index is 3.37. The maximum atomic E-state index is 11.7. The topological polar surface area (TPSA) is 127 Å². The summed E-state index contributed by atoms with van der Waals surface area (Å²) in [6.45, 7) is 4.32. The van der Waals surface area contributed by atoms with Crippen molar-refractivity contribution in [1.82, 2.24) is 0 Å². The molecule has 1 aliphatic heterocycles.